The quantitative estimate of drug-likeness (QED) is 0.739. The molecule has 1 fully saturated rings. The van der Waals surface area contributed by atoms with Gasteiger partial charge in [-0.3, -0.25) is 4.90 Å². The molecule has 0 unspecified atom stereocenters. The molecular formula is C19H21FN6. The lowest BCUT2D eigenvalue weighted by Gasteiger charge is -2.41. The zero-order chi connectivity index (χ0) is 17.8. The third-order valence-electron chi connectivity index (χ3n) is 5.01. The highest BCUT2D eigenvalue weighted by Gasteiger charge is 2.39. The van der Waals surface area contributed by atoms with Gasteiger partial charge in [0.25, 0.3) is 0 Å². The van der Waals surface area contributed by atoms with Crippen LogP contribution in [0.2, 0.25) is 0 Å². The Labute approximate surface area is 151 Å². The lowest BCUT2D eigenvalue weighted by molar-refractivity contribution is 0.161. The van der Waals surface area contributed by atoms with Gasteiger partial charge in [-0.2, -0.15) is 0 Å². The Morgan fingerprint density at radius 1 is 1.04 bits per heavy atom. The van der Waals surface area contributed by atoms with Crippen molar-refractivity contribution in [3.05, 3.63) is 71.8 Å². The zero-order valence-electron chi connectivity index (χ0n) is 14.4. The molecule has 4 rings (SSSR count). The van der Waals surface area contributed by atoms with Gasteiger partial charge in [0.15, 0.2) is 5.82 Å². The topological polar surface area (TPSA) is 69.7 Å². The highest BCUT2D eigenvalue weighted by Crippen LogP contribution is 2.35. The molecule has 1 saturated heterocycles. The van der Waals surface area contributed by atoms with Crippen molar-refractivity contribution in [2.24, 2.45) is 0 Å². The van der Waals surface area contributed by atoms with E-state index in [4.69, 9.17) is 0 Å². The molecule has 2 N–H and O–H groups in total. The number of tetrazole rings is 1. The lowest BCUT2D eigenvalue weighted by Crippen LogP contribution is -2.47. The molecule has 1 aromatic heterocycles. The SMILES string of the molecule is Fc1ccccc1NC1(c2nnn[nH]2)CCN(Cc2ccccc2)CC1. The van der Waals surface area contributed by atoms with Gasteiger partial charge in [-0.25, -0.2) is 9.49 Å². The van der Waals surface area contributed by atoms with Crippen molar-refractivity contribution in [3.63, 3.8) is 0 Å². The van der Waals surface area contributed by atoms with E-state index < -0.39 is 5.54 Å². The van der Waals surface area contributed by atoms with Crippen molar-refractivity contribution in [2.75, 3.05) is 18.4 Å². The number of aromatic amines is 1. The first-order valence-corrected chi connectivity index (χ1v) is 8.78. The van der Waals surface area contributed by atoms with Crippen LogP contribution in [0.15, 0.2) is 54.6 Å². The molecular weight excluding hydrogens is 331 g/mol. The number of halogens is 1. The summed E-state index contributed by atoms with van der Waals surface area (Å²) in [6.45, 7) is 2.65. The summed E-state index contributed by atoms with van der Waals surface area (Å²) in [4.78, 5) is 2.40. The van der Waals surface area contributed by atoms with E-state index in [1.807, 2.05) is 12.1 Å². The van der Waals surface area contributed by atoms with Crippen LogP contribution in [0, 0.1) is 5.82 Å². The van der Waals surface area contributed by atoms with E-state index in [0.717, 1.165) is 32.5 Å². The number of anilines is 1. The second-order valence-electron chi connectivity index (χ2n) is 6.70. The highest BCUT2D eigenvalue weighted by atomic mass is 19.1. The van der Waals surface area contributed by atoms with Crippen LogP contribution in [0.5, 0.6) is 0 Å². The fraction of sp³-hybridized carbons (Fsp3) is 0.316. The third-order valence-corrected chi connectivity index (χ3v) is 5.01. The number of para-hydroxylation sites is 1. The maximum absolute atomic E-state index is 14.2. The van der Waals surface area contributed by atoms with Crippen LogP contribution in [-0.4, -0.2) is 38.6 Å². The number of benzene rings is 2. The van der Waals surface area contributed by atoms with Crippen molar-refractivity contribution in [1.29, 1.82) is 0 Å². The van der Waals surface area contributed by atoms with E-state index in [2.05, 4.69) is 55.1 Å². The predicted molar refractivity (Wildman–Crippen MR) is 96.8 cm³/mol. The fourth-order valence-corrected chi connectivity index (χ4v) is 3.54. The van der Waals surface area contributed by atoms with Crippen LogP contribution in [-0.2, 0) is 12.1 Å². The molecule has 1 aliphatic rings. The van der Waals surface area contributed by atoms with Gasteiger partial charge in [-0.1, -0.05) is 42.5 Å². The molecule has 0 spiro atoms. The van der Waals surface area contributed by atoms with Crippen LogP contribution < -0.4 is 5.32 Å². The summed E-state index contributed by atoms with van der Waals surface area (Å²) in [5.74, 6) is 0.381. The molecule has 0 atom stereocenters. The van der Waals surface area contributed by atoms with Gasteiger partial charge in [0, 0.05) is 19.6 Å². The van der Waals surface area contributed by atoms with E-state index in [0.29, 0.717) is 11.5 Å². The number of hydrogen-bond donors (Lipinski definition) is 2. The summed E-state index contributed by atoms with van der Waals surface area (Å²) in [6, 6.07) is 17.1. The van der Waals surface area contributed by atoms with Crippen LogP contribution in [0.25, 0.3) is 0 Å². The van der Waals surface area contributed by atoms with Crippen LogP contribution in [0.3, 0.4) is 0 Å². The maximum atomic E-state index is 14.2. The number of rotatable bonds is 5. The van der Waals surface area contributed by atoms with E-state index >= 15 is 0 Å². The minimum Gasteiger partial charge on any atom is -0.370 e. The summed E-state index contributed by atoms with van der Waals surface area (Å²) in [7, 11) is 0. The second-order valence-corrected chi connectivity index (χ2v) is 6.70. The largest absolute Gasteiger partial charge is 0.370 e. The first-order valence-electron chi connectivity index (χ1n) is 8.78. The first-order chi connectivity index (χ1) is 12.8. The lowest BCUT2D eigenvalue weighted by atomic mass is 9.86. The average Bonchev–Trinajstić information content (AvgIpc) is 3.22. The Morgan fingerprint density at radius 3 is 2.46 bits per heavy atom. The number of nitrogens with one attached hydrogen (secondary N) is 2. The Kier molecular flexibility index (Phi) is 4.62. The van der Waals surface area contributed by atoms with Crippen molar-refractivity contribution in [3.8, 4) is 0 Å². The molecule has 7 heteroatoms. The van der Waals surface area contributed by atoms with Crippen LogP contribution in [0.4, 0.5) is 10.1 Å². The Bertz CT molecular complexity index is 828. The van der Waals surface area contributed by atoms with Crippen molar-refractivity contribution >= 4 is 5.69 Å². The van der Waals surface area contributed by atoms with Gasteiger partial charge in [0.2, 0.25) is 0 Å². The number of nitrogens with zero attached hydrogens (tertiary/aromatic N) is 4. The molecule has 0 bridgehead atoms. The summed E-state index contributed by atoms with van der Waals surface area (Å²) in [5.41, 5.74) is 1.27. The Balaban J connectivity index is 1.52. The maximum Gasteiger partial charge on any atom is 0.174 e. The molecule has 0 amide bonds. The van der Waals surface area contributed by atoms with Crippen LogP contribution >= 0.6 is 0 Å². The molecule has 0 radical (unpaired) electrons. The molecule has 6 nitrogen and oxygen atoms in total. The standard InChI is InChI=1S/C19H21FN6/c20-16-8-4-5-9-17(16)21-19(18-22-24-25-23-18)10-12-26(13-11-19)14-15-6-2-1-3-7-15/h1-9,21H,10-14H2,(H,22,23,24,25). The smallest absolute Gasteiger partial charge is 0.174 e. The Morgan fingerprint density at radius 2 is 1.77 bits per heavy atom. The van der Waals surface area contributed by atoms with Crippen molar-refractivity contribution in [2.45, 2.75) is 24.9 Å². The molecule has 3 aromatic rings. The van der Waals surface area contributed by atoms with Gasteiger partial charge in [-0.15, -0.1) is 5.10 Å². The van der Waals surface area contributed by atoms with Gasteiger partial charge < -0.3 is 5.32 Å². The van der Waals surface area contributed by atoms with Crippen molar-refractivity contribution < 1.29 is 4.39 Å². The van der Waals surface area contributed by atoms with E-state index in [-0.39, 0.29) is 5.82 Å². The van der Waals surface area contributed by atoms with E-state index in [9.17, 15) is 4.39 Å². The van der Waals surface area contributed by atoms with Crippen LogP contribution in [0.1, 0.15) is 24.2 Å². The minimum atomic E-state index is -0.501. The number of hydrogen-bond acceptors (Lipinski definition) is 5. The molecule has 0 saturated carbocycles. The Hall–Kier alpha value is -2.80. The highest BCUT2D eigenvalue weighted by molar-refractivity contribution is 5.47. The number of piperidine rings is 1. The normalized spacial score (nSPS) is 17.1. The predicted octanol–water partition coefficient (Wildman–Crippen LogP) is 2.94. The molecule has 26 heavy (non-hydrogen) atoms. The van der Waals surface area contributed by atoms with Gasteiger partial charge in [-0.05, 0) is 41.0 Å². The summed E-state index contributed by atoms with van der Waals surface area (Å²) in [6.07, 6.45) is 1.57. The van der Waals surface area contributed by atoms with Crippen molar-refractivity contribution in [1.82, 2.24) is 25.5 Å². The molecule has 134 valence electrons. The van der Waals surface area contributed by atoms with Gasteiger partial charge in [0.05, 0.1) is 5.69 Å². The number of aromatic nitrogens is 4. The molecule has 1 aliphatic heterocycles. The summed E-state index contributed by atoms with van der Waals surface area (Å²) >= 11 is 0. The van der Waals surface area contributed by atoms with Gasteiger partial charge >= 0.3 is 0 Å². The number of likely N-dealkylation sites (tertiary alicyclic amines) is 1. The third kappa shape index (κ3) is 3.43. The van der Waals surface area contributed by atoms with E-state index in [1.165, 1.54) is 11.6 Å². The summed E-state index contributed by atoms with van der Waals surface area (Å²) in [5, 5.41) is 17.8. The first kappa shape index (κ1) is 16.7. The fourth-order valence-electron chi connectivity index (χ4n) is 3.54. The minimum absolute atomic E-state index is 0.272. The average molecular weight is 352 g/mol. The zero-order valence-corrected chi connectivity index (χ0v) is 14.4. The molecule has 2 aromatic carbocycles. The monoisotopic (exact) mass is 352 g/mol. The second kappa shape index (κ2) is 7.21. The number of H-pyrrole nitrogens is 1. The molecule has 0 aliphatic carbocycles. The molecule has 2 heterocycles. The summed E-state index contributed by atoms with van der Waals surface area (Å²) < 4.78 is 14.2. The van der Waals surface area contributed by atoms with E-state index in [1.54, 1.807) is 12.1 Å². The van der Waals surface area contributed by atoms with Gasteiger partial charge in [0.1, 0.15) is 11.4 Å².